The Balaban J connectivity index is 2.57. The lowest BCUT2D eigenvalue weighted by Gasteiger charge is -2.36. The average molecular weight is 292 g/mol. The SMILES string of the molecule is COC(=O)C(C(C)C)n1c(C)cc2c1CC(C)(C)CC2N. The first-order valence-corrected chi connectivity index (χ1v) is 7.72. The fourth-order valence-corrected chi connectivity index (χ4v) is 3.65. The standard InChI is InChI=1S/C17H28N2O2/c1-10(2)15(16(20)21-6)19-11(3)7-12-13(18)8-17(4,5)9-14(12)19/h7,10,13,15H,8-9,18H2,1-6H3. The van der Waals surface area contributed by atoms with E-state index >= 15 is 0 Å². The Kier molecular flexibility index (Phi) is 4.20. The zero-order valence-corrected chi connectivity index (χ0v) is 14.1. The number of esters is 1. The average Bonchev–Trinajstić information content (AvgIpc) is 2.66. The van der Waals surface area contributed by atoms with Crippen LogP contribution in [0.4, 0.5) is 0 Å². The highest BCUT2D eigenvalue weighted by Crippen LogP contribution is 2.42. The summed E-state index contributed by atoms with van der Waals surface area (Å²) < 4.78 is 7.19. The van der Waals surface area contributed by atoms with Crippen molar-refractivity contribution < 1.29 is 9.53 Å². The van der Waals surface area contributed by atoms with E-state index in [1.165, 1.54) is 18.4 Å². The number of aromatic nitrogens is 1. The molecule has 1 aromatic rings. The van der Waals surface area contributed by atoms with Crippen LogP contribution in [0.2, 0.25) is 0 Å². The number of carbonyl (C=O) groups excluding carboxylic acids is 1. The van der Waals surface area contributed by atoms with Gasteiger partial charge in [0.1, 0.15) is 6.04 Å². The molecule has 0 radical (unpaired) electrons. The van der Waals surface area contributed by atoms with Crippen LogP contribution in [-0.2, 0) is 16.0 Å². The van der Waals surface area contributed by atoms with Crippen molar-refractivity contribution in [1.29, 1.82) is 0 Å². The fourth-order valence-electron chi connectivity index (χ4n) is 3.65. The lowest BCUT2D eigenvalue weighted by atomic mass is 9.74. The molecule has 0 spiro atoms. The summed E-state index contributed by atoms with van der Waals surface area (Å²) in [5, 5.41) is 0. The molecule has 0 bridgehead atoms. The van der Waals surface area contributed by atoms with E-state index in [1.807, 2.05) is 0 Å². The predicted octanol–water partition coefficient (Wildman–Crippen LogP) is 3.14. The second-order valence-electron chi connectivity index (χ2n) is 7.42. The molecule has 4 heteroatoms. The van der Waals surface area contributed by atoms with E-state index < -0.39 is 0 Å². The molecule has 118 valence electrons. The Morgan fingerprint density at radius 3 is 2.62 bits per heavy atom. The lowest BCUT2D eigenvalue weighted by molar-refractivity contribution is -0.146. The van der Waals surface area contributed by atoms with Gasteiger partial charge < -0.3 is 15.0 Å². The molecule has 1 aliphatic carbocycles. The van der Waals surface area contributed by atoms with Gasteiger partial charge in [-0.15, -0.1) is 0 Å². The summed E-state index contributed by atoms with van der Waals surface area (Å²) in [4.78, 5) is 12.3. The van der Waals surface area contributed by atoms with Crippen LogP contribution < -0.4 is 5.73 Å². The van der Waals surface area contributed by atoms with E-state index in [4.69, 9.17) is 10.5 Å². The highest BCUT2D eigenvalue weighted by molar-refractivity contribution is 5.75. The number of hydrogen-bond donors (Lipinski definition) is 1. The van der Waals surface area contributed by atoms with Crippen LogP contribution in [0.15, 0.2) is 6.07 Å². The van der Waals surface area contributed by atoms with E-state index in [2.05, 4.69) is 45.3 Å². The molecule has 1 aliphatic rings. The van der Waals surface area contributed by atoms with Gasteiger partial charge in [-0.2, -0.15) is 0 Å². The first-order chi connectivity index (χ1) is 9.68. The zero-order valence-electron chi connectivity index (χ0n) is 14.1. The molecule has 21 heavy (non-hydrogen) atoms. The van der Waals surface area contributed by atoms with Crippen molar-refractivity contribution in [1.82, 2.24) is 4.57 Å². The van der Waals surface area contributed by atoms with Crippen LogP contribution in [0, 0.1) is 18.3 Å². The maximum atomic E-state index is 12.3. The Morgan fingerprint density at radius 1 is 1.48 bits per heavy atom. The second kappa shape index (κ2) is 5.48. The van der Waals surface area contributed by atoms with Crippen LogP contribution in [0.25, 0.3) is 0 Å². The van der Waals surface area contributed by atoms with E-state index in [9.17, 15) is 4.79 Å². The minimum atomic E-state index is -0.278. The van der Waals surface area contributed by atoms with E-state index in [0.29, 0.717) is 0 Å². The number of hydrogen-bond acceptors (Lipinski definition) is 3. The number of nitrogens with two attached hydrogens (primary N) is 1. The highest BCUT2D eigenvalue weighted by atomic mass is 16.5. The largest absolute Gasteiger partial charge is 0.467 e. The van der Waals surface area contributed by atoms with Gasteiger partial charge >= 0.3 is 5.97 Å². The van der Waals surface area contributed by atoms with Gasteiger partial charge in [-0.25, -0.2) is 4.79 Å². The van der Waals surface area contributed by atoms with Crippen molar-refractivity contribution in [3.8, 4) is 0 Å². The van der Waals surface area contributed by atoms with Gasteiger partial charge in [-0.05, 0) is 42.7 Å². The van der Waals surface area contributed by atoms with Crippen molar-refractivity contribution in [3.63, 3.8) is 0 Å². The maximum Gasteiger partial charge on any atom is 0.329 e. The number of rotatable bonds is 3. The third-order valence-electron chi connectivity index (χ3n) is 4.54. The molecular formula is C17H28N2O2. The fraction of sp³-hybridized carbons (Fsp3) is 0.706. The summed E-state index contributed by atoms with van der Waals surface area (Å²) in [6.07, 6.45) is 1.93. The smallest absolute Gasteiger partial charge is 0.329 e. The Bertz CT molecular complexity index is 543. The van der Waals surface area contributed by atoms with Crippen molar-refractivity contribution in [3.05, 3.63) is 23.0 Å². The minimum Gasteiger partial charge on any atom is -0.467 e. The normalized spacial score (nSPS) is 22.0. The van der Waals surface area contributed by atoms with Gasteiger partial charge in [0.05, 0.1) is 7.11 Å². The first kappa shape index (κ1) is 16.1. The van der Waals surface area contributed by atoms with Crippen molar-refractivity contribution in [2.24, 2.45) is 17.1 Å². The summed E-state index contributed by atoms with van der Waals surface area (Å²) in [6, 6.07) is 1.92. The minimum absolute atomic E-state index is 0.0501. The molecule has 0 amide bonds. The van der Waals surface area contributed by atoms with Gasteiger partial charge in [-0.1, -0.05) is 27.7 Å². The number of carbonyl (C=O) groups is 1. The van der Waals surface area contributed by atoms with Crippen LogP contribution >= 0.6 is 0 Å². The van der Waals surface area contributed by atoms with E-state index in [1.54, 1.807) is 0 Å². The maximum absolute atomic E-state index is 12.3. The first-order valence-electron chi connectivity index (χ1n) is 7.72. The quantitative estimate of drug-likeness (QED) is 0.871. The van der Waals surface area contributed by atoms with E-state index in [0.717, 1.165) is 18.5 Å². The summed E-state index contributed by atoms with van der Waals surface area (Å²) >= 11 is 0. The van der Waals surface area contributed by atoms with Gasteiger partial charge in [0.2, 0.25) is 0 Å². The molecule has 2 atom stereocenters. The molecule has 0 saturated carbocycles. The molecule has 0 saturated heterocycles. The van der Waals surface area contributed by atoms with Gasteiger partial charge in [0, 0.05) is 17.4 Å². The zero-order chi connectivity index (χ0) is 15.9. The molecule has 0 fully saturated rings. The van der Waals surface area contributed by atoms with E-state index in [-0.39, 0.29) is 29.4 Å². The third-order valence-corrected chi connectivity index (χ3v) is 4.54. The van der Waals surface area contributed by atoms with Crippen molar-refractivity contribution in [2.75, 3.05) is 7.11 Å². The summed E-state index contributed by atoms with van der Waals surface area (Å²) in [5.74, 6) is -0.00244. The van der Waals surface area contributed by atoms with Gasteiger partial charge in [0.15, 0.2) is 0 Å². The van der Waals surface area contributed by atoms with Crippen molar-refractivity contribution >= 4 is 5.97 Å². The number of fused-ring (bicyclic) bond motifs is 1. The van der Waals surface area contributed by atoms with Crippen LogP contribution in [0.1, 0.15) is 63.2 Å². The number of nitrogens with zero attached hydrogens (tertiary/aromatic N) is 1. The monoisotopic (exact) mass is 292 g/mol. The lowest BCUT2D eigenvalue weighted by Crippen LogP contribution is -2.34. The molecule has 4 nitrogen and oxygen atoms in total. The molecular weight excluding hydrogens is 264 g/mol. The van der Waals surface area contributed by atoms with Crippen molar-refractivity contribution in [2.45, 2.75) is 59.5 Å². The Morgan fingerprint density at radius 2 is 2.10 bits per heavy atom. The van der Waals surface area contributed by atoms with Crippen LogP contribution in [-0.4, -0.2) is 17.6 Å². The molecule has 0 aliphatic heterocycles. The predicted molar refractivity (Wildman–Crippen MR) is 84.1 cm³/mol. The van der Waals surface area contributed by atoms with Crippen LogP contribution in [0.5, 0.6) is 0 Å². The Hall–Kier alpha value is -1.29. The van der Waals surface area contributed by atoms with Gasteiger partial charge in [-0.3, -0.25) is 0 Å². The molecule has 1 aromatic heterocycles. The number of aryl methyl sites for hydroxylation is 1. The molecule has 2 unspecified atom stereocenters. The summed E-state index contributed by atoms with van der Waals surface area (Å²) in [7, 11) is 1.46. The molecule has 2 rings (SSSR count). The molecule has 2 N–H and O–H groups in total. The Labute approximate surface area is 127 Å². The number of ether oxygens (including phenoxy) is 1. The highest BCUT2D eigenvalue weighted by Gasteiger charge is 2.37. The summed E-state index contributed by atoms with van der Waals surface area (Å²) in [5.41, 5.74) is 10.0. The van der Waals surface area contributed by atoms with Crippen LogP contribution in [0.3, 0.4) is 0 Å². The summed E-state index contributed by atoms with van der Waals surface area (Å²) in [6.45, 7) is 10.6. The second-order valence-corrected chi connectivity index (χ2v) is 7.42. The van der Waals surface area contributed by atoms with Gasteiger partial charge in [0.25, 0.3) is 0 Å². The molecule has 1 heterocycles. The number of methoxy groups -OCH3 is 1. The topological polar surface area (TPSA) is 57.2 Å². The molecule has 0 aromatic carbocycles. The third kappa shape index (κ3) is 2.86.